The van der Waals surface area contributed by atoms with Gasteiger partial charge in [-0.15, -0.1) is 10.2 Å². The molecule has 0 aliphatic heterocycles. The van der Waals surface area contributed by atoms with Crippen LogP contribution in [0.4, 0.5) is 0 Å². The maximum absolute atomic E-state index is 9.64. The highest BCUT2D eigenvalue weighted by Gasteiger charge is 2.12. The molecule has 7 heteroatoms. The van der Waals surface area contributed by atoms with Crippen LogP contribution in [0.15, 0.2) is 32.0 Å². The van der Waals surface area contributed by atoms with Gasteiger partial charge >= 0.3 is 0 Å². The van der Waals surface area contributed by atoms with E-state index in [9.17, 15) is 5.11 Å². The Kier molecular flexibility index (Phi) is 4.38. The predicted molar refractivity (Wildman–Crippen MR) is 70.7 cm³/mol. The van der Waals surface area contributed by atoms with Crippen LogP contribution in [0.25, 0.3) is 0 Å². The highest BCUT2D eigenvalue weighted by molar-refractivity contribution is 8.03. The number of aromatic nitrogens is 3. The Bertz CT molecular complexity index is 501. The molecule has 0 aliphatic rings. The monoisotopic (exact) mass is 285 g/mol. The molecule has 2 heterocycles. The van der Waals surface area contributed by atoms with E-state index >= 15 is 0 Å². The molecule has 17 heavy (non-hydrogen) atoms. The number of rotatable bonds is 4. The van der Waals surface area contributed by atoms with E-state index in [0.717, 1.165) is 19.3 Å². The van der Waals surface area contributed by atoms with E-state index in [4.69, 9.17) is 0 Å². The summed E-state index contributed by atoms with van der Waals surface area (Å²) in [7, 11) is 0. The molecule has 2 aromatic rings. The van der Waals surface area contributed by atoms with Crippen molar-refractivity contribution in [2.24, 2.45) is 0 Å². The second-order valence-corrected chi connectivity index (χ2v) is 6.48. The van der Waals surface area contributed by atoms with Crippen molar-refractivity contribution >= 4 is 34.9 Å². The molecule has 90 valence electrons. The first-order chi connectivity index (χ1) is 8.20. The zero-order valence-electron chi connectivity index (χ0n) is 9.32. The fraction of sp³-hybridized carbons (Fsp3) is 0.300. The van der Waals surface area contributed by atoms with Crippen LogP contribution in [-0.4, -0.2) is 26.5 Å². The van der Waals surface area contributed by atoms with E-state index < -0.39 is 6.10 Å². The van der Waals surface area contributed by atoms with Gasteiger partial charge in [-0.3, -0.25) is 0 Å². The van der Waals surface area contributed by atoms with E-state index in [2.05, 4.69) is 15.2 Å². The third-order valence-corrected chi connectivity index (χ3v) is 4.98. The number of pyridine rings is 1. The molecule has 0 aliphatic carbocycles. The Morgan fingerprint density at radius 1 is 1.35 bits per heavy atom. The molecular weight excluding hydrogens is 274 g/mol. The van der Waals surface area contributed by atoms with Gasteiger partial charge in [-0.25, -0.2) is 4.98 Å². The van der Waals surface area contributed by atoms with Crippen molar-refractivity contribution in [3.63, 3.8) is 0 Å². The predicted octanol–water partition coefficient (Wildman–Crippen LogP) is 2.86. The van der Waals surface area contributed by atoms with Crippen molar-refractivity contribution in [2.75, 3.05) is 6.26 Å². The normalized spacial score (nSPS) is 12.6. The number of nitrogens with zero attached hydrogens (tertiary/aromatic N) is 3. The second kappa shape index (κ2) is 5.81. The molecule has 0 amide bonds. The van der Waals surface area contributed by atoms with Crippen molar-refractivity contribution in [1.82, 2.24) is 15.2 Å². The zero-order chi connectivity index (χ0) is 12.3. The SMILES string of the molecule is CSc1nnc(Sc2ncccc2C(C)O)s1. The molecule has 1 N–H and O–H groups in total. The summed E-state index contributed by atoms with van der Waals surface area (Å²) >= 11 is 4.54. The summed E-state index contributed by atoms with van der Waals surface area (Å²) in [6, 6.07) is 3.69. The molecule has 2 rings (SSSR count). The third kappa shape index (κ3) is 3.19. The van der Waals surface area contributed by atoms with Gasteiger partial charge < -0.3 is 5.11 Å². The molecular formula is C10H11N3OS3. The third-order valence-electron chi connectivity index (χ3n) is 2.00. The van der Waals surface area contributed by atoms with E-state index in [1.54, 1.807) is 24.9 Å². The van der Waals surface area contributed by atoms with Gasteiger partial charge in [0.05, 0.1) is 6.10 Å². The quantitative estimate of drug-likeness (QED) is 0.872. The van der Waals surface area contributed by atoms with Crippen LogP contribution in [0.3, 0.4) is 0 Å². The standard InChI is InChI=1S/C10H11N3OS3/c1-6(14)7-4-3-5-11-8(7)16-10-13-12-9(15-2)17-10/h3-6,14H,1-2H3. The van der Waals surface area contributed by atoms with Crippen LogP contribution in [0, 0.1) is 0 Å². The zero-order valence-corrected chi connectivity index (χ0v) is 11.8. The van der Waals surface area contributed by atoms with Crippen LogP contribution in [-0.2, 0) is 0 Å². The van der Waals surface area contributed by atoms with Gasteiger partial charge in [0.25, 0.3) is 0 Å². The van der Waals surface area contributed by atoms with Crippen LogP contribution in [0.1, 0.15) is 18.6 Å². The van der Waals surface area contributed by atoms with E-state index in [1.165, 1.54) is 23.1 Å². The Morgan fingerprint density at radius 3 is 2.76 bits per heavy atom. The summed E-state index contributed by atoms with van der Waals surface area (Å²) in [5.41, 5.74) is 0.818. The fourth-order valence-electron chi connectivity index (χ4n) is 1.21. The van der Waals surface area contributed by atoms with Crippen LogP contribution in [0.2, 0.25) is 0 Å². The number of hydrogen-bond acceptors (Lipinski definition) is 7. The molecule has 0 spiro atoms. The molecule has 0 bridgehead atoms. The van der Waals surface area contributed by atoms with Gasteiger partial charge in [0, 0.05) is 11.8 Å². The molecule has 0 fully saturated rings. The fourth-order valence-corrected chi connectivity index (χ4v) is 3.73. The lowest BCUT2D eigenvalue weighted by Gasteiger charge is -2.08. The number of thioether (sulfide) groups is 1. The van der Waals surface area contributed by atoms with Gasteiger partial charge in [-0.05, 0) is 31.0 Å². The molecule has 0 aromatic carbocycles. The van der Waals surface area contributed by atoms with Crippen molar-refractivity contribution < 1.29 is 5.11 Å². The lowest BCUT2D eigenvalue weighted by Crippen LogP contribution is -1.95. The van der Waals surface area contributed by atoms with E-state index in [1.807, 2.05) is 18.4 Å². The summed E-state index contributed by atoms with van der Waals surface area (Å²) in [6.07, 6.45) is 3.15. The largest absolute Gasteiger partial charge is 0.389 e. The maximum atomic E-state index is 9.64. The van der Waals surface area contributed by atoms with Crippen LogP contribution >= 0.6 is 34.9 Å². The minimum absolute atomic E-state index is 0.529. The minimum Gasteiger partial charge on any atom is -0.389 e. The molecule has 2 aromatic heterocycles. The van der Waals surface area contributed by atoms with Gasteiger partial charge in [-0.2, -0.15) is 0 Å². The topological polar surface area (TPSA) is 58.9 Å². The molecule has 1 atom stereocenters. The lowest BCUT2D eigenvalue weighted by molar-refractivity contribution is 0.195. The molecule has 0 radical (unpaired) electrons. The first-order valence-corrected chi connectivity index (χ1v) is 7.75. The Morgan fingerprint density at radius 2 is 2.12 bits per heavy atom. The molecule has 0 saturated carbocycles. The summed E-state index contributed by atoms with van der Waals surface area (Å²) in [6.45, 7) is 1.73. The van der Waals surface area contributed by atoms with Crippen molar-refractivity contribution in [2.45, 2.75) is 26.7 Å². The lowest BCUT2D eigenvalue weighted by atomic mass is 10.2. The van der Waals surface area contributed by atoms with Crippen molar-refractivity contribution in [3.8, 4) is 0 Å². The molecule has 0 saturated heterocycles. The van der Waals surface area contributed by atoms with Gasteiger partial charge in [0.1, 0.15) is 5.03 Å². The van der Waals surface area contributed by atoms with Crippen molar-refractivity contribution in [3.05, 3.63) is 23.9 Å². The minimum atomic E-state index is -0.529. The van der Waals surface area contributed by atoms with Gasteiger partial charge in [0.2, 0.25) is 0 Å². The first kappa shape index (κ1) is 12.8. The average Bonchev–Trinajstić information content (AvgIpc) is 2.77. The highest BCUT2D eigenvalue weighted by Crippen LogP contribution is 2.34. The average molecular weight is 285 g/mol. The molecule has 1 unspecified atom stereocenters. The highest BCUT2D eigenvalue weighted by atomic mass is 32.2. The van der Waals surface area contributed by atoms with Gasteiger partial charge in [0.15, 0.2) is 8.68 Å². The van der Waals surface area contributed by atoms with Crippen molar-refractivity contribution in [1.29, 1.82) is 0 Å². The Hall–Kier alpha value is -0.630. The smallest absolute Gasteiger partial charge is 0.181 e. The summed E-state index contributed by atoms with van der Waals surface area (Å²) in [4.78, 5) is 4.27. The maximum Gasteiger partial charge on any atom is 0.181 e. The number of aliphatic hydroxyl groups is 1. The summed E-state index contributed by atoms with van der Waals surface area (Å²) in [5, 5.41) is 18.5. The molecule has 4 nitrogen and oxygen atoms in total. The summed E-state index contributed by atoms with van der Waals surface area (Å²) in [5.74, 6) is 0. The number of aliphatic hydroxyl groups excluding tert-OH is 1. The van der Waals surface area contributed by atoms with E-state index in [0.29, 0.717) is 0 Å². The Balaban J connectivity index is 2.23. The first-order valence-electron chi connectivity index (χ1n) is 4.89. The number of hydrogen-bond donors (Lipinski definition) is 1. The van der Waals surface area contributed by atoms with Crippen LogP contribution in [0.5, 0.6) is 0 Å². The van der Waals surface area contributed by atoms with Crippen LogP contribution < -0.4 is 0 Å². The second-order valence-electron chi connectivity index (χ2n) is 3.21. The van der Waals surface area contributed by atoms with E-state index in [-0.39, 0.29) is 0 Å². The summed E-state index contributed by atoms with van der Waals surface area (Å²) < 4.78 is 1.77. The van der Waals surface area contributed by atoms with Gasteiger partial charge in [-0.1, -0.05) is 29.2 Å². The Labute approximate surface area is 112 Å².